The molecule has 0 spiro atoms. The van der Waals surface area contributed by atoms with Crippen molar-refractivity contribution >= 4 is 62.2 Å². The zero-order valence-electron chi connectivity index (χ0n) is 24.1. The molecule has 9 nitrogen and oxygen atoms in total. The Morgan fingerprint density at radius 1 is 1.07 bits per heavy atom. The summed E-state index contributed by atoms with van der Waals surface area (Å²) < 4.78 is 29.3. The molecule has 2 unspecified atom stereocenters. The van der Waals surface area contributed by atoms with E-state index in [0.717, 1.165) is 48.2 Å². The van der Waals surface area contributed by atoms with Crippen LogP contribution in [0, 0.1) is 18.8 Å². The highest BCUT2D eigenvalue weighted by Crippen LogP contribution is 2.41. The van der Waals surface area contributed by atoms with Gasteiger partial charge in [-0.05, 0) is 74.9 Å². The van der Waals surface area contributed by atoms with Gasteiger partial charge in [-0.25, -0.2) is 13.4 Å². The first kappa shape index (κ1) is 31.1. The average Bonchev–Trinajstić information content (AvgIpc) is 2.99. The highest BCUT2D eigenvalue weighted by molar-refractivity contribution is 7.93. The minimum atomic E-state index is -4.40. The summed E-state index contributed by atoms with van der Waals surface area (Å²) in [5.74, 6) is -0.479. The summed E-state index contributed by atoms with van der Waals surface area (Å²) >= 11 is 12.5. The molecule has 2 amide bonds. The fraction of sp³-hybridized carbons (Fsp3) is 0.387. The molecule has 2 aromatic carbocycles. The molecule has 228 valence electrons. The molecule has 0 saturated carbocycles. The number of anilines is 3. The Morgan fingerprint density at radius 2 is 1.79 bits per heavy atom. The van der Waals surface area contributed by atoms with E-state index >= 15 is 0 Å². The highest BCUT2D eigenvalue weighted by atomic mass is 35.5. The third-order valence-electron chi connectivity index (χ3n) is 8.20. The quantitative estimate of drug-likeness (QED) is 0.311. The molecule has 1 fully saturated rings. The van der Waals surface area contributed by atoms with Gasteiger partial charge in [0.15, 0.2) is 0 Å². The number of nitrogens with one attached hydrogen (secondary N) is 2. The van der Waals surface area contributed by atoms with Gasteiger partial charge in [0, 0.05) is 25.3 Å². The van der Waals surface area contributed by atoms with Crippen LogP contribution in [0.3, 0.4) is 0 Å². The smallest absolute Gasteiger partial charge is 0.266 e. The fourth-order valence-electron chi connectivity index (χ4n) is 5.89. The predicted molar refractivity (Wildman–Crippen MR) is 170 cm³/mol. The van der Waals surface area contributed by atoms with Crippen LogP contribution in [0.2, 0.25) is 10.0 Å². The normalized spacial score (nSPS) is 18.1. The molecule has 2 atom stereocenters. The first-order chi connectivity index (χ1) is 20.6. The van der Waals surface area contributed by atoms with Gasteiger partial charge in [0.25, 0.3) is 10.0 Å². The van der Waals surface area contributed by atoms with Crippen LogP contribution >= 0.6 is 23.2 Å². The molecule has 0 bridgehead atoms. The summed E-state index contributed by atoms with van der Waals surface area (Å²) in [6.45, 7) is 5.98. The third-order valence-corrected chi connectivity index (χ3v) is 11.0. The number of halogens is 2. The Hall–Kier alpha value is -3.34. The van der Waals surface area contributed by atoms with Gasteiger partial charge in [-0.2, -0.15) is 0 Å². The van der Waals surface area contributed by atoms with E-state index in [9.17, 15) is 18.0 Å². The van der Waals surface area contributed by atoms with Crippen LogP contribution in [0.1, 0.15) is 38.3 Å². The van der Waals surface area contributed by atoms with Crippen molar-refractivity contribution in [1.29, 1.82) is 0 Å². The van der Waals surface area contributed by atoms with Crippen LogP contribution in [-0.4, -0.2) is 50.9 Å². The second-order valence-corrected chi connectivity index (χ2v) is 13.5. The maximum atomic E-state index is 14.2. The van der Waals surface area contributed by atoms with E-state index in [2.05, 4.69) is 20.5 Å². The molecule has 2 aliphatic heterocycles. The number of aryl methyl sites for hydroxylation is 1. The molecule has 1 saturated heterocycles. The number of fused-ring (bicyclic) bond motifs is 1. The van der Waals surface area contributed by atoms with E-state index in [-0.39, 0.29) is 33.0 Å². The molecule has 2 aliphatic rings. The highest BCUT2D eigenvalue weighted by Gasteiger charge is 2.47. The van der Waals surface area contributed by atoms with E-state index in [1.165, 1.54) is 18.2 Å². The van der Waals surface area contributed by atoms with Gasteiger partial charge in [0.1, 0.15) is 16.8 Å². The summed E-state index contributed by atoms with van der Waals surface area (Å²) in [5, 5.41) is 5.71. The summed E-state index contributed by atoms with van der Waals surface area (Å²) in [4.78, 5) is 33.8. The van der Waals surface area contributed by atoms with Crippen LogP contribution in [0.25, 0.3) is 0 Å². The number of hydrogen-bond donors (Lipinski definition) is 2. The van der Waals surface area contributed by atoms with Gasteiger partial charge in [-0.1, -0.05) is 54.4 Å². The lowest BCUT2D eigenvalue weighted by Gasteiger charge is -2.40. The summed E-state index contributed by atoms with van der Waals surface area (Å²) in [6, 6.07) is 15.6. The number of carbonyl (C=O) groups excluding carboxylic acids is 2. The summed E-state index contributed by atoms with van der Waals surface area (Å²) in [7, 11) is -4.40. The van der Waals surface area contributed by atoms with Crippen molar-refractivity contribution in [2.75, 3.05) is 34.2 Å². The van der Waals surface area contributed by atoms with Gasteiger partial charge < -0.3 is 15.5 Å². The predicted octanol–water partition coefficient (Wildman–Crippen LogP) is 5.66. The van der Waals surface area contributed by atoms with Gasteiger partial charge in [0.05, 0.1) is 27.3 Å². The van der Waals surface area contributed by atoms with Gasteiger partial charge in [-0.15, -0.1) is 0 Å². The Balaban J connectivity index is 1.31. The Bertz CT molecular complexity index is 1610. The summed E-state index contributed by atoms with van der Waals surface area (Å²) in [5.41, 5.74) is 1.57. The second-order valence-electron chi connectivity index (χ2n) is 11.0. The number of benzene rings is 2. The zero-order valence-corrected chi connectivity index (χ0v) is 26.4. The molecule has 3 aromatic rings. The van der Waals surface area contributed by atoms with E-state index in [4.69, 9.17) is 23.2 Å². The minimum Gasteiger partial charge on any atom is -0.357 e. The first-order valence-electron chi connectivity index (χ1n) is 14.5. The van der Waals surface area contributed by atoms with Crippen molar-refractivity contribution in [1.82, 2.24) is 10.3 Å². The average molecular weight is 645 g/mol. The molecule has 0 aliphatic carbocycles. The second kappa shape index (κ2) is 13.1. The Kier molecular flexibility index (Phi) is 9.48. The molecule has 3 heterocycles. The van der Waals surface area contributed by atoms with Crippen LogP contribution < -0.4 is 19.8 Å². The molecule has 2 N–H and O–H groups in total. The van der Waals surface area contributed by atoms with Crippen molar-refractivity contribution in [2.24, 2.45) is 11.8 Å². The number of sulfonamides is 1. The van der Waals surface area contributed by atoms with Crippen molar-refractivity contribution in [3.8, 4) is 0 Å². The van der Waals surface area contributed by atoms with E-state index < -0.39 is 27.9 Å². The number of pyridine rings is 1. The third kappa shape index (κ3) is 6.46. The Labute approximate surface area is 262 Å². The molecular formula is C31H35Cl2N5O4S. The topological polar surface area (TPSA) is 112 Å². The van der Waals surface area contributed by atoms with Crippen molar-refractivity contribution in [3.05, 3.63) is 76.4 Å². The van der Waals surface area contributed by atoms with Crippen molar-refractivity contribution < 1.29 is 18.0 Å². The molecule has 0 radical (unpaired) electrons. The monoisotopic (exact) mass is 643 g/mol. The number of carbonyl (C=O) groups is 2. The van der Waals surface area contributed by atoms with Crippen LogP contribution in [0.5, 0.6) is 0 Å². The van der Waals surface area contributed by atoms with Crippen molar-refractivity contribution in [3.63, 3.8) is 0 Å². The SMILES string of the molecule is CCC(C(=O)NCCC1CCN(c2cccc(C)n2)CC1)C1C(=O)Nc2ccccc2N1S(=O)(=O)c1cccc(Cl)c1Cl. The van der Waals surface area contributed by atoms with E-state index in [1.54, 1.807) is 31.2 Å². The van der Waals surface area contributed by atoms with Crippen LogP contribution in [0.15, 0.2) is 65.6 Å². The van der Waals surface area contributed by atoms with Crippen LogP contribution in [0.4, 0.5) is 17.2 Å². The largest absolute Gasteiger partial charge is 0.357 e. The number of rotatable bonds is 9. The summed E-state index contributed by atoms with van der Waals surface area (Å²) in [6.07, 6.45) is 2.99. The number of piperidine rings is 1. The molecule has 1 aromatic heterocycles. The lowest BCUT2D eigenvalue weighted by Crippen LogP contribution is -2.57. The minimum absolute atomic E-state index is 0.0693. The molecule has 5 rings (SSSR count). The fourth-order valence-corrected chi connectivity index (χ4v) is 8.29. The maximum Gasteiger partial charge on any atom is 0.266 e. The van der Waals surface area contributed by atoms with Gasteiger partial charge >= 0.3 is 0 Å². The number of para-hydroxylation sites is 2. The standard InChI is InChI=1S/C31H35Cl2N5O4S/c1-3-22(30(39)34-17-14-21-15-18-37(19-16-21)27-13-6-8-20(2)35-27)29-31(40)36-24-10-4-5-11-25(24)38(29)43(41,42)26-12-7-9-23(32)28(26)33/h4-13,21-22,29H,3,14-19H2,1-2H3,(H,34,39)(H,36,40). The number of nitrogens with zero attached hydrogens (tertiary/aromatic N) is 3. The van der Waals surface area contributed by atoms with E-state index in [0.29, 0.717) is 18.2 Å². The van der Waals surface area contributed by atoms with Gasteiger partial charge in [0.2, 0.25) is 11.8 Å². The number of aromatic nitrogens is 1. The number of amides is 2. The maximum absolute atomic E-state index is 14.2. The molecule has 43 heavy (non-hydrogen) atoms. The van der Waals surface area contributed by atoms with Crippen LogP contribution in [-0.2, 0) is 19.6 Å². The first-order valence-corrected chi connectivity index (χ1v) is 16.7. The van der Waals surface area contributed by atoms with Gasteiger partial charge in [-0.3, -0.25) is 13.9 Å². The number of hydrogen-bond acceptors (Lipinski definition) is 6. The van der Waals surface area contributed by atoms with Crippen molar-refractivity contribution in [2.45, 2.75) is 50.5 Å². The lowest BCUT2D eigenvalue weighted by molar-refractivity contribution is -0.129. The molecule has 12 heteroatoms. The lowest BCUT2D eigenvalue weighted by atomic mass is 9.91. The Morgan fingerprint density at radius 3 is 2.51 bits per heavy atom. The van der Waals surface area contributed by atoms with E-state index in [1.807, 2.05) is 25.1 Å². The zero-order chi connectivity index (χ0) is 30.7. The molecular weight excluding hydrogens is 609 g/mol.